The molecule has 1 aromatic heterocycles. The van der Waals surface area contributed by atoms with Gasteiger partial charge in [-0.25, -0.2) is 4.79 Å². The van der Waals surface area contributed by atoms with Gasteiger partial charge in [-0.1, -0.05) is 0 Å². The lowest BCUT2D eigenvalue weighted by molar-refractivity contribution is 0.104. The van der Waals surface area contributed by atoms with Gasteiger partial charge < -0.3 is 23.7 Å². The van der Waals surface area contributed by atoms with Crippen molar-refractivity contribution in [1.29, 1.82) is 0 Å². The summed E-state index contributed by atoms with van der Waals surface area (Å²) in [4.78, 5) is 24.0. The summed E-state index contributed by atoms with van der Waals surface area (Å²) in [5, 5.41) is 9.82. The van der Waals surface area contributed by atoms with Crippen LogP contribution < -0.4 is 19.8 Å². The Labute approximate surface area is 144 Å². The molecular weight excluding hydrogens is 328 g/mol. The summed E-state index contributed by atoms with van der Waals surface area (Å²) in [6, 6.07) is 4.44. The Morgan fingerprint density at radius 2 is 1.64 bits per heavy atom. The first-order valence-electron chi connectivity index (χ1n) is 7.27. The van der Waals surface area contributed by atoms with E-state index in [1.807, 2.05) is 0 Å². The van der Waals surface area contributed by atoms with Gasteiger partial charge in [0.05, 0.1) is 21.3 Å². The zero-order valence-electron chi connectivity index (χ0n) is 14.3. The van der Waals surface area contributed by atoms with Gasteiger partial charge in [-0.15, -0.1) is 0 Å². The van der Waals surface area contributed by atoms with Crippen LogP contribution in [-0.2, 0) is 0 Å². The van der Waals surface area contributed by atoms with Crippen molar-refractivity contribution < 1.29 is 28.5 Å². The molecule has 1 heterocycles. The number of aryl methyl sites for hydroxylation is 1. The van der Waals surface area contributed by atoms with Crippen molar-refractivity contribution in [2.75, 3.05) is 21.3 Å². The first-order valence-corrected chi connectivity index (χ1v) is 7.27. The minimum absolute atomic E-state index is 0.213. The molecule has 2 rings (SSSR count). The Bertz CT molecular complexity index is 878. The maximum atomic E-state index is 12.2. The van der Waals surface area contributed by atoms with E-state index < -0.39 is 22.7 Å². The first-order chi connectivity index (χ1) is 11.9. The van der Waals surface area contributed by atoms with Crippen LogP contribution in [0.4, 0.5) is 0 Å². The Morgan fingerprint density at radius 1 is 1.04 bits per heavy atom. The number of hydrogen-bond donors (Lipinski definition) is 1. The Hall–Kier alpha value is -3.22. The minimum atomic E-state index is -0.897. The molecule has 0 amide bonds. The summed E-state index contributed by atoms with van der Waals surface area (Å²) >= 11 is 0. The van der Waals surface area contributed by atoms with Crippen molar-refractivity contribution in [3.8, 4) is 23.0 Å². The molecule has 0 radical (unpaired) electrons. The maximum absolute atomic E-state index is 12.2. The average molecular weight is 346 g/mol. The lowest BCUT2D eigenvalue weighted by Gasteiger charge is -2.12. The molecule has 0 spiro atoms. The molecule has 0 aliphatic carbocycles. The van der Waals surface area contributed by atoms with Crippen LogP contribution in [0.2, 0.25) is 0 Å². The predicted octanol–water partition coefficient (Wildman–Crippen LogP) is 2.58. The van der Waals surface area contributed by atoms with E-state index in [0.29, 0.717) is 22.8 Å². The molecule has 1 aromatic carbocycles. The van der Waals surface area contributed by atoms with Gasteiger partial charge in [-0.3, -0.25) is 4.79 Å². The van der Waals surface area contributed by atoms with E-state index in [0.717, 1.165) is 6.08 Å². The largest absolute Gasteiger partial charge is 0.507 e. The number of methoxy groups -OCH3 is 3. The quantitative estimate of drug-likeness (QED) is 0.634. The number of benzene rings is 1. The summed E-state index contributed by atoms with van der Waals surface area (Å²) in [6.45, 7) is 1.50. The molecule has 7 nitrogen and oxygen atoms in total. The number of aromatic hydroxyl groups is 1. The fraction of sp³-hybridized carbons (Fsp3) is 0.222. The van der Waals surface area contributed by atoms with E-state index in [9.17, 15) is 14.7 Å². The SMILES string of the molecule is COc1cc(OC)c(OC)cc1/C=C/C(=O)c1c(O)cc(C)oc1=O. The third-order valence-corrected chi connectivity index (χ3v) is 3.45. The lowest BCUT2D eigenvalue weighted by Crippen LogP contribution is -2.13. The molecule has 132 valence electrons. The zero-order valence-corrected chi connectivity index (χ0v) is 14.3. The standard InChI is InChI=1S/C18H18O7/c1-10-7-13(20)17(18(21)25-10)12(19)6-5-11-8-15(23-3)16(24-4)9-14(11)22-2/h5-9,20H,1-4H3/b6-5+. The van der Waals surface area contributed by atoms with Crippen LogP contribution in [0.1, 0.15) is 21.7 Å². The first kappa shape index (κ1) is 18.1. The smallest absolute Gasteiger partial charge is 0.351 e. The molecule has 0 saturated carbocycles. The Morgan fingerprint density at radius 3 is 2.20 bits per heavy atom. The second-order valence-electron chi connectivity index (χ2n) is 5.05. The van der Waals surface area contributed by atoms with Crippen molar-refractivity contribution >= 4 is 11.9 Å². The number of rotatable bonds is 6. The average Bonchev–Trinajstić information content (AvgIpc) is 2.58. The van der Waals surface area contributed by atoms with E-state index in [1.165, 1.54) is 40.4 Å². The highest BCUT2D eigenvalue weighted by molar-refractivity contribution is 6.08. The molecule has 2 aromatic rings. The van der Waals surface area contributed by atoms with E-state index in [4.69, 9.17) is 18.6 Å². The number of ketones is 1. The second-order valence-corrected chi connectivity index (χ2v) is 5.05. The fourth-order valence-corrected chi connectivity index (χ4v) is 2.25. The van der Waals surface area contributed by atoms with E-state index >= 15 is 0 Å². The third kappa shape index (κ3) is 3.82. The third-order valence-electron chi connectivity index (χ3n) is 3.45. The van der Waals surface area contributed by atoms with Crippen LogP contribution in [-0.4, -0.2) is 32.2 Å². The van der Waals surface area contributed by atoms with Crippen LogP contribution >= 0.6 is 0 Å². The summed E-state index contributed by atoms with van der Waals surface area (Å²) in [7, 11) is 4.45. The molecule has 0 bridgehead atoms. The molecule has 25 heavy (non-hydrogen) atoms. The van der Waals surface area contributed by atoms with Crippen LogP contribution in [0.3, 0.4) is 0 Å². The number of allylic oxidation sites excluding steroid dienone is 1. The van der Waals surface area contributed by atoms with Crippen LogP contribution in [0, 0.1) is 6.92 Å². The monoisotopic (exact) mass is 346 g/mol. The molecule has 0 aliphatic rings. The van der Waals surface area contributed by atoms with Gasteiger partial charge in [0, 0.05) is 17.7 Å². The van der Waals surface area contributed by atoms with Gasteiger partial charge in [0.25, 0.3) is 0 Å². The summed E-state index contributed by atoms with van der Waals surface area (Å²) < 4.78 is 20.5. The minimum Gasteiger partial charge on any atom is -0.507 e. The van der Waals surface area contributed by atoms with Crippen molar-refractivity contribution in [3.05, 3.63) is 51.6 Å². The molecule has 0 saturated heterocycles. The van der Waals surface area contributed by atoms with Crippen LogP contribution in [0.25, 0.3) is 6.08 Å². The predicted molar refractivity (Wildman–Crippen MR) is 90.8 cm³/mol. The summed E-state index contributed by atoms with van der Waals surface area (Å²) in [5.74, 6) is 0.463. The summed E-state index contributed by atoms with van der Waals surface area (Å²) in [6.07, 6.45) is 2.59. The molecule has 7 heteroatoms. The van der Waals surface area contributed by atoms with Gasteiger partial charge >= 0.3 is 5.63 Å². The van der Waals surface area contributed by atoms with Gasteiger partial charge in [-0.2, -0.15) is 0 Å². The number of carbonyl (C=O) groups excluding carboxylic acids is 1. The summed E-state index contributed by atoms with van der Waals surface area (Å²) in [5.41, 5.74) is -0.794. The maximum Gasteiger partial charge on any atom is 0.351 e. The van der Waals surface area contributed by atoms with Crippen molar-refractivity contribution in [2.24, 2.45) is 0 Å². The topological polar surface area (TPSA) is 95.2 Å². The van der Waals surface area contributed by atoms with Gasteiger partial charge in [0.15, 0.2) is 17.3 Å². The lowest BCUT2D eigenvalue weighted by atomic mass is 10.1. The molecule has 0 fully saturated rings. The highest BCUT2D eigenvalue weighted by Crippen LogP contribution is 2.35. The molecule has 0 unspecified atom stereocenters. The molecule has 0 atom stereocenters. The number of carbonyl (C=O) groups is 1. The molecule has 1 N–H and O–H groups in total. The second kappa shape index (κ2) is 7.57. The van der Waals surface area contributed by atoms with Crippen molar-refractivity contribution in [2.45, 2.75) is 6.92 Å². The highest BCUT2D eigenvalue weighted by Gasteiger charge is 2.16. The molecule has 0 aliphatic heterocycles. The molecular formula is C18H18O7. The van der Waals surface area contributed by atoms with E-state index in [2.05, 4.69) is 0 Å². The van der Waals surface area contributed by atoms with Crippen LogP contribution in [0.5, 0.6) is 23.0 Å². The van der Waals surface area contributed by atoms with E-state index in [-0.39, 0.29) is 5.76 Å². The van der Waals surface area contributed by atoms with Crippen LogP contribution in [0.15, 0.2) is 33.5 Å². The fourth-order valence-electron chi connectivity index (χ4n) is 2.25. The van der Waals surface area contributed by atoms with Crippen molar-refractivity contribution in [3.63, 3.8) is 0 Å². The highest BCUT2D eigenvalue weighted by atomic mass is 16.5. The normalized spacial score (nSPS) is 10.7. The Balaban J connectivity index is 2.42. The zero-order chi connectivity index (χ0) is 18.6. The number of ether oxygens (including phenoxy) is 3. The number of hydrogen-bond acceptors (Lipinski definition) is 7. The van der Waals surface area contributed by atoms with Gasteiger partial charge in [0.1, 0.15) is 22.8 Å². The Kier molecular flexibility index (Phi) is 5.49. The van der Waals surface area contributed by atoms with Gasteiger partial charge in [0.2, 0.25) is 0 Å². The van der Waals surface area contributed by atoms with Gasteiger partial charge in [-0.05, 0) is 25.1 Å². The van der Waals surface area contributed by atoms with E-state index in [1.54, 1.807) is 12.1 Å². The van der Waals surface area contributed by atoms with Crippen molar-refractivity contribution in [1.82, 2.24) is 0 Å².